The first-order valence-electron chi connectivity index (χ1n) is 5.21. The number of aromatic amines is 1. The number of benzene rings is 1. The van der Waals surface area contributed by atoms with Gasteiger partial charge in [-0.2, -0.15) is 10.1 Å². The lowest BCUT2D eigenvalue weighted by molar-refractivity contribution is 0.102. The molecule has 0 spiro atoms. The highest BCUT2D eigenvalue weighted by molar-refractivity contribution is 6.02. The summed E-state index contributed by atoms with van der Waals surface area (Å²) in [6.07, 6.45) is 2.73. The molecule has 1 aromatic carbocycles. The largest absolute Gasteiger partial charge is 0.289 e. The first-order valence-corrected chi connectivity index (χ1v) is 5.21. The lowest BCUT2D eigenvalue weighted by Crippen LogP contribution is -2.15. The molecule has 2 aromatic heterocycles. The molecule has 18 heavy (non-hydrogen) atoms. The number of nitrogens with one attached hydrogen (secondary N) is 2. The summed E-state index contributed by atoms with van der Waals surface area (Å²) >= 11 is 0. The Morgan fingerprint density at radius 2 is 2.00 bits per heavy atom. The van der Waals surface area contributed by atoms with Crippen LogP contribution in [0.2, 0.25) is 0 Å². The van der Waals surface area contributed by atoms with Gasteiger partial charge in [0, 0.05) is 0 Å². The molecule has 1 amide bonds. The predicted molar refractivity (Wildman–Crippen MR) is 63.9 cm³/mol. The van der Waals surface area contributed by atoms with Gasteiger partial charge >= 0.3 is 0 Å². The zero-order valence-electron chi connectivity index (χ0n) is 9.16. The topological polar surface area (TPSA) is 96.5 Å². The number of nitrogens with zero attached hydrogens (tertiary/aromatic N) is 4. The van der Waals surface area contributed by atoms with Crippen molar-refractivity contribution in [2.24, 2.45) is 0 Å². The predicted octanol–water partition coefficient (Wildman–Crippen LogP) is 1.00. The number of para-hydroxylation sites is 2. The summed E-state index contributed by atoms with van der Waals surface area (Å²) in [5, 5.41) is 8.70. The van der Waals surface area contributed by atoms with Gasteiger partial charge in [-0.05, 0) is 12.1 Å². The molecule has 0 unspecified atom stereocenters. The summed E-state index contributed by atoms with van der Waals surface area (Å²) in [6, 6.07) is 7.34. The van der Waals surface area contributed by atoms with Gasteiger partial charge in [0.2, 0.25) is 5.95 Å². The van der Waals surface area contributed by atoms with E-state index < -0.39 is 0 Å². The molecule has 7 nitrogen and oxygen atoms in total. The third-order valence-electron chi connectivity index (χ3n) is 2.33. The second kappa shape index (κ2) is 4.21. The van der Waals surface area contributed by atoms with E-state index in [0.717, 1.165) is 5.52 Å². The maximum Gasteiger partial charge on any atom is 0.278 e. The van der Waals surface area contributed by atoms with Crippen LogP contribution in [0.4, 0.5) is 5.95 Å². The molecular weight excluding hydrogens is 232 g/mol. The molecule has 0 saturated carbocycles. The molecule has 0 aliphatic carbocycles. The van der Waals surface area contributed by atoms with Crippen molar-refractivity contribution in [3.63, 3.8) is 0 Å². The fourth-order valence-corrected chi connectivity index (χ4v) is 1.50. The van der Waals surface area contributed by atoms with E-state index in [1.807, 2.05) is 18.2 Å². The molecule has 0 fully saturated rings. The van der Waals surface area contributed by atoms with E-state index >= 15 is 0 Å². The van der Waals surface area contributed by atoms with Crippen molar-refractivity contribution in [1.29, 1.82) is 0 Å². The number of H-pyrrole nitrogens is 1. The molecule has 3 rings (SSSR count). The fraction of sp³-hybridized carbons (Fsp3) is 0. The smallest absolute Gasteiger partial charge is 0.278 e. The first kappa shape index (κ1) is 10.3. The van der Waals surface area contributed by atoms with Crippen LogP contribution in [-0.2, 0) is 0 Å². The van der Waals surface area contributed by atoms with Gasteiger partial charge in [-0.1, -0.05) is 12.1 Å². The van der Waals surface area contributed by atoms with Crippen LogP contribution in [0.3, 0.4) is 0 Å². The molecule has 0 aliphatic heterocycles. The Hall–Kier alpha value is -2.83. The van der Waals surface area contributed by atoms with Crippen molar-refractivity contribution in [1.82, 2.24) is 25.1 Å². The number of carbonyl (C=O) groups is 1. The molecule has 0 saturated heterocycles. The summed E-state index contributed by atoms with van der Waals surface area (Å²) in [4.78, 5) is 24.0. The van der Waals surface area contributed by atoms with Gasteiger partial charge in [-0.3, -0.25) is 15.1 Å². The van der Waals surface area contributed by atoms with Gasteiger partial charge in [0.15, 0.2) is 0 Å². The summed E-state index contributed by atoms with van der Waals surface area (Å²) in [7, 11) is 0. The molecule has 0 bridgehead atoms. The normalized spacial score (nSPS) is 10.4. The number of carbonyl (C=O) groups excluding carboxylic acids is 1. The standard InChI is InChI=1S/C11H8N6O/c18-10(16-11-13-6-14-17-11)9-5-12-7-3-1-2-4-8(7)15-9/h1-6H,(H2,13,14,16,17,18). The second-order valence-corrected chi connectivity index (χ2v) is 3.53. The van der Waals surface area contributed by atoms with Crippen molar-refractivity contribution < 1.29 is 4.79 Å². The van der Waals surface area contributed by atoms with Crippen LogP contribution in [0, 0.1) is 0 Å². The van der Waals surface area contributed by atoms with Crippen molar-refractivity contribution in [3.05, 3.63) is 42.5 Å². The summed E-state index contributed by atoms with van der Waals surface area (Å²) in [5.74, 6) is -0.111. The Bertz CT molecular complexity index is 694. The van der Waals surface area contributed by atoms with E-state index in [2.05, 4.69) is 30.5 Å². The van der Waals surface area contributed by atoms with Gasteiger partial charge in [-0.25, -0.2) is 10.1 Å². The lowest BCUT2D eigenvalue weighted by Gasteiger charge is -2.01. The minimum Gasteiger partial charge on any atom is -0.289 e. The maximum absolute atomic E-state index is 11.9. The van der Waals surface area contributed by atoms with Crippen LogP contribution in [-0.4, -0.2) is 31.1 Å². The number of rotatable bonds is 2. The van der Waals surface area contributed by atoms with Crippen molar-refractivity contribution >= 4 is 22.9 Å². The number of anilines is 1. The summed E-state index contributed by atoms with van der Waals surface area (Å²) in [5.41, 5.74) is 1.64. The second-order valence-electron chi connectivity index (χ2n) is 3.53. The highest BCUT2D eigenvalue weighted by atomic mass is 16.2. The van der Waals surface area contributed by atoms with Crippen LogP contribution < -0.4 is 5.32 Å². The van der Waals surface area contributed by atoms with E-state index in [1.54, 1.807) is 6.07 Å². The number of aromatic nitrogens is 5. The molecular formula is C11H8N6O. The molecule has 2 N–H and O–H groups in total. The third kappa shape index (κ3) is 1.88. The summed E-state index contributed by atoms with van der Waals surface area (Å²) in [6.45, 7) is 0. The van der Waals surface area contributed by atoms with Crippen LogP contribution in [0.1, 0.15) is 10.5 Å². The Balaban J connectivity index is 1.92. The number of hydrogen-bond acceptors (Lipinski definition) is 5. The molecule has 0 aliphatic rings. The van der Waals surface area contributed by atoms with E-state index in [9.17, 15) is 4.79 Å². The van der Waals surface area contributed by atoms with Crippen molar-refractivity contribution in [3.8, 4) is 0 Å². The minimum absolute atomic E-state index is 0.227. The Morgan fingerprint density at radius 1 is 1.17 bits per heavy atom. The van der Waals surface area contributed by atoms with Crippen LogP contribution >= 0.6 is 0 Å². The zero-order chi connectivity index (χ0) is 12.4. The number of amides is 1. The lowest BCUT2D eigenvalue weighted by atomic mass is 10.3. The highest BCUT2D eigenvalue weighted by Crippen LogP contribution is 2.09. The molecule has 88 valence electrons. The van der Waals surface area contributed by atoms with Crippen LogP contribution in [0.25, 0.3) is 11.0 Å². The van der Waals surface area contributed by atoms with Crippen molar-refractivity contribution in [2.45, 2.75) is 0 Å². The van der Waals surface area contributed by atoms with E-state index in [4.69, 9.17) is 0 Å². The van der Waals surface area contributed by atoms with E-state index in [1.165, 1.54) is 12.5 Å². The number of hydrogen-bond donors (Lipinski definition) is 2. The van der Waals surface area contributed by atoms with Gasteiger partial charge < -0.3 is 0 Å². The maximum atomic E-state index is 11.9. The zero-order valence-corrected chi connectivity index (χ0v) is 9.16. The first-order chi connectivity index (χ1) is 8.83. The van der Waals surface area contributed by atoms with E-state index in [0.29, 0.717) is 5.52 Å². The SMILES string of the molecule is O=C(Nc1ncn[nH]1)c1cnc2ccccc2n1. The minimum atomic E-state index is -0.384. The van der Waals surface area contributed by atoms with Crippen LogP contribution in [0.15, 0.2) is 36.8 Å². The number of fused-ring (bicyclic) bond motifs is 1. The average Bonchev–Trinajstić information content (AvgIpc) is 2.91. The molecule has 2 heterocycles. The molecule has 7 heteroatoms. The molecule has 0 atom stereocenters. The van der Waals surface area contributed by atoms with Gasteiger partial charge in [0.1, 0.15) is 12.0 Å². The van der Waals surface area contributed by atoms with Crippen LogP contribution in [0.5, 0.6) is 0 Å². The average molecular weight is 240 g/mol. The summed E-state index contributed by atoms with van der Waals surface area (Å²) < 4.78 is 0. The Kier molecular flexibility index (Phi) is 2.41. The highest BCUT2D eigenvalue weighted by Gasteiger charge is 2.10. The quantitative estimate of drug-likeness (QED) is 0.696. The van der Waals surface area contributed by atoms with E-state index in [-0.39, 0.29) is 17.5 Å². The molecule has 0 radical (unpaired) electrons. The monoisotopic (exact) mass is 240 g/mol. The van der Waals surface area contributed by atoms with Gasteiger partial charge in [0.05, 0.1) is 17.2 Å². The van der Waals surface area contributed by atoms with Gasteiger partial charge in [0.25, 0.3) is 5.91 Å². The Morgan fingerprint density at radius 3 is 2.78 bits per heavy atom. The third-order valence-corrected chi connectivity index (χ3v) is 2.33. The molecule has 3 aromatic rings. The fourth-order valence-electron chi connectivity index (χ4n) is 1.50. The van der Waals surface area contributed by atoms with Gasteiger partial charge in [-0.15, -0.1) is 0 Å². The van der Waals surface area contributed by atoms with Crippen molar-refractivity contribution in [2.75, 3.05) is 5.32 Å². The Labute approximate surface area is 101 Å².